The summed E-state index contributed by atoms with van der Waals surface area (Å²) in [6.45, 7) is 0.486. The van der Waals surface area contributed by atoms with Crippen molar-refractivity contribution in [1.82, 2.24) is 5.32 Å². The Balaban J connectivity index is 2.41. The summed E-state index contributed by atoms with van der Waals surface area (Å²) in [6, 6.07) is 3.69. The molecule has 0 aliphatic carbocycles. The Bertz CT molecular complexity index is 568. The maximum atomic E-state index is 14.1. The lowest BCUT2D eigenvalue weighted by atomic mass is 10.00. The number of nitriles is 1. The summed E-state index contributed by atoms with van der Waals surface area (Å²) in [5, 5.41) is 11.2. The van der Waals surface area contributed by atoms with Crippen LogP contribution in [0.4, 0.5) is 14.5 Å². The van der Waals surface area contributed by atoms with E-state index in [2.05, 4.69) is 5.32 Å². The standard InChI is InChI=1S/C14H15F2N3O/c1-18-14(20)11-4-2-3-7-19(11)10-6-5-9(8-17)12(15)13(10)16/h5-6,11H,2-4,7H2,1H3,(H,18,20). The van der Waals surface area contributed by atoms with Crippen LogP contribution < -0.4 is 10.2 Å². The average molecular weight is 279 g/mol. The van der Waals surface area contributed by atoms with Crippen molar-refractivity contribution in [2.75, 3.05) is 18.5 Å². The molecular weight excluding hydrogens is 264 g/mol. The molecule has 1 heterocycles. The molecule has 1 saturated heterocycles. The summed E-state index contributed by atoms with van der Waals surface area (Å²) in [5.74, 6) is -2.44. The molecule has 0 spiro atoms. The van der Waals surface area contributed by atoms with Gasteiger partial charge in [0.15, 0.2) is 11.6 Å². The summed E-state index contributed by atoms with van der Waals surface area (Å²) >= 11 is 0. The highest BCUT2D eigenvalue weighted by atomic mass is 19.2. The van der Waals surface area contributed by atoms with Crippen LogP contribution in [-0.2, 0) is 4.79 Å². The average Bonchev–Trinajstić information content (AvgIpc) is 2.49. The van der Waals surface area contributed by atoms with Gasteiger partial charge in [0.05, 0.1) is 11.3 Å². The van der Waals surface area contributed by atoms with Crippen molar-refractivity contribution in [3.8, 4) is 6.07 Å². The first-order valence-electron chi connectivity index (χ1n) is 6.46. The van der Waals surface area contributed by atoms with Gasteiger partial charge < -0.3 is 10.2 Å². The first-order chi connectivity index (χ1) is 9.60. The van der Waals surface area contributed by atoms with Crippen LogP contribution >= 0.6 is 0 Å². The number of nitrogens with one attached hydrogen (secondary N) is 1. The minimum absolute atomic E-state index is 0.0369. The quantitative estimate of drug-likeness (QED) is 0.900. The number of hydrogen-bond donors (Lipinski definition) is 1. The first-order valence-corrected chi connectivity index (χ1v) is 6.46. The van der Waals surface area contributed by atoms with E-state index in [1.54, 1.807) is 11.0 Å². The highest BCUT2D eigenvalue weighted by Gasteiger charge is 2.30. The van der Waals surface area contributed by atoms with Crippen molar-refractivity contribution in [2.24, 2.45) is 0 Å². The van der Waals surface area contributed by atoms with Gasteiger partial charge >= 0.3 is 0 Å². The van der Waals surface area contributed by atoms with Crippen LogP contribution in [0.25, 0.3) is 0 Å². The van der Waals surface area contributed by atoms with E-state index in [0.717, 1.165) is 12.8 Å². The number of anilines is 1. The number of carbonyl (C=O) groups excluding carboxylic acids is 1. The molecule has 6 heteroatoms. The minimum Gasteiger partial charge on any atom is -0.357 e. The van der Waals surface area contributed by atoms with Crippen molar-refractivity contribution < 1.29 is 13.6 Å². The van der Waals surface area contributed by atoms with Crippen LogP contribution in [0, 0.1) is 23.0 Å². The van der Waals surface area contributed by atoms with Crippen LogP contribution in [0.3, 0.4) is 0 Å². The number of amides is 1. The fraction of sp³-hybridized carbons (Fsp3) is 0.429. The van der Waals surface area contributed by atoms with E-state index in [0.29, 0.717) is 13.0 Å². The monoisotopic (exact) mass is 279 g/mol. The fourth-order valence-electron chi connectivity index (χ4n) is 2.51. The fourth-order valence-corrected chi connectivity index (χ4v) is 2.51. The van der Waals surface area contributed by atoms with Gasteiger partial charge in [0, 0.05) is 13.6 Å². The van der Waals surface area contributed by atoms with E-state index < -0.39 is 17.7 Å². The van der Waals surface area contributed by atoms with Crippen molar-refractivity contribution in [3.63, 3.8) is 0 Å². The third kappa shape index (κ3) is 2.44. The molecule has 1 aliphatic heterocycles. The van der Waals surface area contributed by atoms with Crippen LogP contribution in [0.5, 0.6) is 0 Å². The second kappa shape index (κ2) is 5.87. The van der Waals surface area contributed by atoms with E-state index >= 15 is 0 Å². The minimum atomic E-state index is -1.16. The van der Waals surface area contributed by atoms with Gasteiger partial charge in [-0.05, 0) is 31.4 Å². The third-order valence-electron chi connectivity index (χ3n) is 3.54. The topological polar surface area (TPSA) is 56.1 Å². The van der Waals surface area contributed by atoms with Gasteiger partial charge in [-0.1, -0.05) is 0 Å². The zero-order valence-corrected chi connectivity index (χ0v) is 11.1. The van der Waals surface area contributed by atoms with Crippen LogP contribution in [0.1, 0.15) is 24.8 Å². The zero-order valence-electron chi connectivity index (χ0n) is 11.1. The van der Waals surface area contributed by atoms with Gasteiger partial charge in [-0.15, -0.1) is 0 Å². The van der Waals surface area contributed by atoms with E-state index in [4.69, 9.17) is 5.26 Å². The summed E-state index contributed by atoms with van der Waals surface area (Å²) < 4.78 is 27.8. The number of nitrogens with zero attached hydrogens (tertiary/aromatic N) is 2. The molecule has 1 unspecified atom stereocenters. The summed E-state index contributed by atoms with van der Waals surface area (Å²) in [5.41, 5.74) is -0.297. The van der Waals surface area contributed by atoms with Gasteiger partial charge in [0.2, 0.25) is 5.91 Å². The van der Waals surface area contributed by atoms with Crippen LogP contribution in [-0.4, -0.2) is 25.5 Å². The smallest absolute Gasteiger partial charge is 0.242 e. The molecule has 1 atom stereocenters. The molecular formula is C14H15F2N3O. The second-order valence-corrected chi connectivity index (χ2v) is 4.69. The number of benzene rings is 1. The number of hydrogen-bond acceptors (Lipinski definition) is 3. The number of carbonyl (C=O) groups is 1. The predicted octanol–water partition coefficient (Wildman–Crippen LogP) is 1.94. The molecule has 1 N–H and O–H groups in total. The Kier molecular flexibility index (Phi) is 4.18. The molecule has 0 bridgehead atoms. The predicted molar refractivity (Wildman–Crippen MR) is 70.1 cm³/mol. The molecule has 20 heavy (non-hydrogen) atoms. The summed E-state index contributed by atoms with van der Waals surface area (Å²) in [7, 11) is 1.52. The molecule has 1 fully saturated rings. The van der Waals surface area contributed by atoms with E-state index in [1.165, 1.54) is 19.2 Å². The molecule has 0 aromatic heterocycles. The molecule has 1 amide bonds. The number of piperidine rings is 1. The highest BCUT2D eigenvalue weighted by molar-refractivity contribution is 5.85. The van der Waals surface area contributed by atoms with E-state index in [9.17, 15) is 13.6 Å². The van der Waals surface area contributed by atoms with Crippen molar-refractivity contribution in [2.45, 2.75) is 25.3 Å². The summed E-state index contributed by atoms with van der Waals surface area (Å²) in [6.07, 6.45) is 2.28. The largest absolute Gasteiger partial charge is 0.357 e. The molecule has 0 saturated carbocycles. The van der Waals surface area contributed by atoms with Crippen LogP contribution in [0.15, 0.2) is 12.1 Å². The van der Waals surface area contributed by atoms with Crippen LogP contribution in [0.2, 0.25) is 0 Å². The normalized spacial score (nSPS) is 18.5. The second-order valence-electron chi connectivity index (χ2n) is 4.69. The molecule has 4 nitrogen and oxygen atoms in total. The number of halogens is 2. The third-order valence-corrected chi connectivity index (χ3v) is 3.54. The van der Waals surface area contributed by atoms with Gasteiger partial charge in [-0.25, -0.2) is 8.78 Å². The van der Waals surface area contributed by atoms with Gasteiger partial charge in [0.25, 0.3) is 0 Å². The maximum Gasteiger partial charge on any atom is 0.242 e. The van der Waals surface area contributed by atoms with E-state index in [1.807, 2.05) is 0 Å². The molecule has 1 aliphatic rings. The summed E-state index contributed by atoms with van der Waals surface area (Å²) in [4.78, 5) is 13.4. The van der Waals surface area contributed by atoms with Crippen molar-refractivity contribution >= 4 is 11.6 Å². The molecule has 1 aromatic rings. The number of likely N-dealkylation sites (N-methyl/N-ethyl adjacent to an activating group) is 1. The lowest BCUT2D eigenvalue weighted by Gasteiger charge is -2.36. The first kappa shape index (κ1) is 14.3. The lowest BCUT2D eigenvalue weighted by Crippen LogP contribution is -2.49. The zero-order chi connectivity index (χ0) is 14.7. The Morgan fingerprint density at radius 1 is 1.40 bits per heavy atom. The van der Waals surface area contributed by atoms with Crippen molar-refractivity contribution in [1.29, 1.82) is 5.26 Å². The Labute approximate surface area is 116 Å². The molecule has 0 radical (unpaired) electrons. The Morgan fingerprint density at radius 3 is 2.80 bits per heavy atom. The van der Waals surface area contributed by atoms with Crippen molar-refractivity contribution in [3.05, 3.63) is 29.3 Å². The van der Waals surface area contributed by atoms with Gasteiger partial charge in [-0.3, -0.25) is 4.79 Å². The SMILES string of the molecule is CNC(=O)C1CCCCN1c1ccc(C#N)c(F)c1F. The van der Waals surface area contributed by atoms with Gasteiger partial charge in [0.1, 0.15) is 12.1 Å². The molecule has 106 valence electrons. The maximum absolute atomic E-state index is 14.1. The number of rotatable bonds is 2. The molecule has 1 aromatic carbocycles. The van der Waals surface area contributed by atoms with E-state index in [-0.39, 0.29) is 17.2 Å². The highest BCUT2D eigenvalue weighted by Crippen LogP contribution is 2.29. The Hall–Kier alpha value is -2.16. The Morgan fingerprint density at radius 2 is 2.15 bits per heavy atom. The lowest BCUT2D eigenvalue weighted by molar-refractivity contribution is -0.122. The molecule has 2 rings (SSSR count). The van der Waals surface area contributed by atoms with Gasteiger partial charge in [-0.2, -0.15) is 5.26 Å².